The van der Waals surface area contributed by atoms with E-state index in [4.69, 9.17) is 16.3 Å². The molecule has 27 heavy (non-hydrogen) atoms. The van der Waals surface area contributed by atoms with Crippen LogP contribution in [0.4, 0.5) is 0 Å². The van der Waals surface area contributed by atoms with Gasteiger partial charge < -0.3 is 4.74 Å². The first kappa shape index (κ1) is 19.4. The topological polar surface area (TPSA) is 50.7 Å². The lowest BCUT2D eigenvalue weighted by molar-refractivity contribution is -0.123. The molecule has 0 heterocycles. The summed E-state index contributed by atoms with van der Waals surface area (Å²) >= 11 is 6.15. The number of hydrazone groups is 1. The number of halogens is 1. The van der Waals surface area contributed by atoms with Crippen LogP contribution in [0.1, 0.15) is 47.6 Å². The Morgan fingerprint density at radius 1 is 1.11 bits per heavy atom. The van der Waals surface area contributed by atoms with Crippen molar-refractivity contribution in [2.45, 2.75) is 46.5 Å². The van der Waals surface area contributed by atoms with Crippen LogP contribution in [0.3, 0.4) is 0 Å². The highest BCUT2D eigenvalue weighted by molar-refractivity contribution is 6.32. The van der Waals surface area contributed by atoms with Crippen LogP contribution < -0.4 is 10.2 Å². The first-order valence-electron chi connectivity index (χ1n) is 9.29. The van der Waals surface area contributed by atoms with Crippen LogP contribution in [0.25, 0.3) is 0 Å². The Balaban J connectivity index is 1.58. The number of amides is 1. The third-order valence-electron chi connectivity index (χ3n) is 4.89. The van der Waals surface area contributed by atoms with Crippen molar-refractivity contribution in [2.24, 2.45) is 5.10 Å². The van der Waals surface area contributed by atoms with Crippen molar-refractivity contribution in [1.82, 2.24) is 5.43 Å². The van der Waals surface area contributed by atoms with Crippen LogP contribution >= 0.6 is 11.6 Å². The molecule has 2 aromatic rings. The number of fused-ring (bicyclic) bond motifs is 1. The predicted molar refractivity (Wildman–Crippen MR) is 110 cm³/mol. The average Bonchev–Trinajstić information content (AvgIpc) is 2.68. The molecular weight excluding hydrogens is 360 g/mol. The second kappa shape index (κ2) is 8.57. The molecule has 3 rings (SSSR count). The molecule has 0 saturated carbocycles. The standard InChI is InChI=1S/C22H25ClN2O2/c1-14-10-20(11-15(2)22(14)23)27-13-21(26)25-24-16(3)18-9-8-17-6-4-5-7-19(17)12-18/h8-12H,4-7,13H2,1-3H3,(H,25,26). The zero-order chi connectivity index (χ0) is 19.4. The van der Waals surface area contributed by atoms with Gasteiger partial charge >= 0.3 is 0 Å². The van der Waals surface area contributed by atoms with Crippen molar-refractivity contribution in [2.75, 3.05) is 6.61 Å². The first-order valence-corrected chi connectivity index (χ1v) is 9.66. The summed E-state index contributed by atoms with van der Waals surface area (Å²) in [7, 11) is 0. The molecule has 0 fully saturated rings. The Labute approximate surface area is 165 Å². The van der Waals surface area contributed by atoms with E-state index < -0.39 is 0 Å². The van der Waals surface area contributed by atoms with Gasteiger partial charge in [-0.05, 0) is 92.5 Å². The summed E-state index contributed by atoms with van der Waals surface area (Å²) in [5.74, 6) is 0.331. The minimum Gasteiger partial charge on any atom is -0.484 e. The zero-order valence-electron chi connectivity index (χ0n) is 16.1. The molecule has 0 radical (unpaired) electrons. The van der Waals surface area contributed by atoms with Gasteiger partial charge in [-0.3, -0.25) is 4.79 Å². The normalized spacial score (nSPS) is 13.9. The minimum absolute atomic E-state index is 0.0958. The number of ether oxygens (including phenoxy) is 1. The Hall–Kier alpha value is -2.33. The fraction of sp³-hybridized carbons (Fsp3) is 0.364. The number of nitrogens with one attached hydrogen (secondary N) is 1. The number of carbonyl (C=O) groups excluding carboxylic acids is 1. The minimum atomic E-state index is -0.294. The molecule has 1 amide bonds. The van der Waals surface area contributed by atoms with Crippen LogP contribution in [0, 0.1) is 13.8 Å². The van der Waals surface area contributed by atoms with Gasteiger partial charge in [-0.25, -0.2) is 5.43 Å². The molecule has 0 unspecified atom stereocenters. The molecule has 0 aromatic heterocycles. The SMILES string of the molecule is CC(=NNC(=O)COc1cc(C)c(Cl)c(C)c1)c1ccc2c(c1)CCCC2. The molecule has 0 aliphatic heterocycles. The maximum atomic E-state index is 12.1. The van der Waals surface area contributed by atoms with Crippen LogP contribution in [-0.4, -0.2) is 18.2 Å². The van der Waals surface area contributed by atoms with Crippen molar-refractivity contribution < 1.29 is 9.53 Å². The molecule has 142 valence electrons. The van der Waals surface area contributed by atoms with Gasteiger partial charge in [0.05, 0.1) is 5.71 Å². The molecule has 1 aliphatic rings. The van der Waals surface area contributed by atoms with Gasteiger partial charge in [0.2, 0.25) is 0 Å². The number of aryl methyl sites for hydroxylation is 4. The lowest BCUT2D eigenvalue weighted by Gasteiger charge is -2.16. The first-order chi connectivity index (χ1) is 12.9. The number of rotatable bonds is 5. The number of hydrogen-bond acceptors (Lipinski definition) is 3. The highest BCUT2D eigenvalue weighted by Gasteiger charge is 2.11. The quantitative estimate of drug-likeness (QED) is 0.597. The molecule has 1 aliphatic carbocycles. The smallest absolute Gasteiger partial charge is 0.277 e. The zero-order valence-corrected chi connectivity index (χ0v) is 16.8. The lowest BCUT2D eigenvalue weighted by Crippen LogP contribution is -2.25. The largest absolute Gasteiger partial charge is 0.484 e. The van der Waals surface area contributed by atoms with Gasteiger partial charge in [0.1, 0.15) is 5.75 Å². The third-order valence-corrected chi connectivity index (χ3v) is 5.49. The fourth-order valence-electron chi connectivity index (χ4n) is 3.34. The lowest BCUT2D eigenvalue weighted by atomic mass is 9.90. The van der Waals surface area contributed by atoms with E-state index in [2.05, 4.69) is 28.7 Å². The highest BCUT2D eigenvalue weighted by Crippen LogP contribution is 2.26. The van der Waals surface area contributed by atoms with E-state index in [1.54, 1.807) is 0 Å². The Bertz CT molecular complexity index is 867. The number of nitrogens with zero attached hydrogens (tertiary/aromatic N) is 1. The fourth-order valence-corrected chi connectivity index (χ4v) is 3.45. The average molecular weight is 385 g/mol. The highest BCUT2D eigenvalue weighted by atomic mass is 35.5. The molecule has 2 aromatic carbocycles. The molecule has 4 nitrogen and oxygen atoms in total. The molecular formula is C22H25ClN2O2. The summed E-state index contributed by atoms with van der Waals surface area (Å²) in [6, 6.07) is 10.1. The van der Waals surface area contributed by atoms with Crippen molar-refractivity contribution in [3.05, 3.63) is 63.2 Å². The van der Waals surface area contributed by atoms with E-state index in [0.717, 1.165) is 40.3 Å². The Morgan fingerprint density at radius 2 is 1.78 bits per heavy atom. The van der Waals surface area contributed by atoms with Gasteiger partial charge in [0.15, 0.2) is 6.61 Å². The molecule has 0 spiro atoms. The van der Waals surface area contributed by atoms with E-state index >= 15 is 0 Å². The third kappa shape index (κ3) is 4.89. The monoisotopic (exact) mass is 384 g/mol. The number of carbonyl (C=O) groups is 1. The number of benzene rings is 2. The molecule has 0 atom stereocenters. The van der Waals surface area contributed by atoms with Gasteiger partial charge in [0, 0.05) is 5.02 Å². The van der Waals surface area contributed by atoms with Crippen LogP contribution in [0.5, 0.6) is 5.75 Å². The van der Waals surface area contributed by atoms with E-state index in [0.29, 0.717) is 5.75 Å². The molecule has 0 bridgehead atoms. The van der Waals surface area contributed by atoms with Crippen molar-refractivity contribution in [3.8, 4) is 5.75 Å². The molecule has 0 saturated heterocycles. The maximum Gasteiger partial charge on any atom is 0.277 e. The summed E-state index contributed by atoms with van der Waals surface area (Å²) in [5, 5.41) is 4.94. The van der Waals surface area contributed by atoms with Gasteiger partial charge in [0.25, 0.3) is 5.91 Å². The van der Waals surface area contributed by atoms with Crippen molar-refractivity contribution >= 4 is 23.2 Å². The Morgan fingerprint density at radius 3 is 2.48 bits per heavy atom. The van der Waals surface area contributed by atoms with Crippen molar-refractivity contribution in [3.63, 3.8) is 0 Å². The van der Waals surface area contributed by atoms with Crippen LogP contribution in [-0.2, 0) is 17.6 Å². The van der Waals surface area contributed by atoms with Crippen LogP contribution in [0.15, 0.2) is 35.4 Å². The summed E-state index contributed by atoms with van der Waals surface area (Å²) in [6.07, 6.45) is 4.78. The predicted octanol–water partition coefficient (Wildman–Crippen LogP) is 4.75. The van der Waals surface area contributed by atoms with E-state index in [1.165, 1.54) is 24.0 Å². The summed E-state index contributed by atoms with van der Waals surface area (Å²) in [6.45, 7) is 5.63. The molecule has 5 heteroatoms. The van der Waals surface area contributed by atoms with Crippen molar-refractivity contribution in [1.29, 1.82) is 0 Å². The second-order valence-electron chi connectivity index (χ2n) is 7.08. The van der Waals surface area contributed by atoms with E-state index in [-0.39, 0.29) is 12.5 Å². The number of hydrogen-bond donors (Lipinski definition) is 1. The summed E-state index contributed by atoms with van der Waals surface area (Å²) in [4.78, 5) is 12.1. The summed E-state index contributed by atoms with van der Waals surface area (Å²) < 4.78 is 5.56. The van der Waals surface area contributed by atoms with E-state index in [1.807, 2.05) is 32.9 Å². The summed E-state index contributed by atoms with van der Waals surface area (Å²) in [5.41, 5.74) is 9.08. The van der Waals surface area contributed by atoms with Gasteiger partial charge in [-0.2, -0.15) is 5.10 Å². The van der Waals surface area contributed by atoms with E-state index in [9.17, 15) is 4.79 Å². The van der Waals surface area contributed by atoms with Gasteiger partial charge in [-0.15, -0.1) is 0 Å². The molecule has 1 N–H and O–H groups in total. The van der Waals surface area contributed by atoms with Crippen LogP contribution in [0.2, 0.25) is 5.02 Å². The Kier molecular flexibility index (Phi) is 6.17. The maximum absolute atomic E-state index is 12.1. The van der Waals surface area contributed by atoms with Gasteiger partial charge in [-0.1, -0.05) is 23.7 Å². The second-order valence-corrected chi connectivity index (χ2v) is 7.46.